The van der Waals surface area contributed by atoms with Gasteiger partial charge in [-0.15, -0.1) is 11.8 Å². The highest BCUT2D eigenvalue weighted by molar-refractivity contribution is 8.00. The molecule has 1 N–H and O–H groups in total. The van der Waals surface area contributed by atoms with Crippen LogP contribution in [0.4, 0.5) is 0 Å². The van der Waals surface area contributed by atoms with E-state index in [1.54, 1.807) is 30.5 Å². The van der Waals surface area contributed by atoms with Gasteiger partial charge in [0.05, 0.1) is 15.7 Å². The molecule has 1 saturated carbocycles. The molecule has 156 valence electrons. The second-order valence-corrected chi connectivity index (χ2v) is 10.5. The minimum absolute atomic E-state index is 0.0908. The van der Waals surface area contributed by atoms with Gasteiger partial charge in [0.15, 0.2) is 9.84 Å². The van der Waals surface area contributed by atoms with Crippen molar-refractivity contribution in [2.45, 2.75) is 60.9 Å². The lowest BCUT2D eigenvalue weighted by Crippen LogP contribution is -2.36. The van der Waals surface area contributed by atoms with E-state index in [0.29, 0.717) is 23.0 Å². The maximum atomic E-state index is 12.5. The van der Waals surface area contributed by atoms with Gasteiger partial charge in [-0.25, -0.2) is 13.4 Å². The van der Waals surface area contributed by atoms with Crippen LogP contribution in [-0.4, -0.2) is 36.9 Å². The first kappa shape index (κ1) is 21.8. The predicted octanol–water partition coefficient (Wildman–Crippen LogP) is 4.20. The number of sulfone groups is 1. The summed E-state index contributed by atoms with van der Waals surface area (Å²) >= 11 is 1.52. The molecule has 1 aromatic carbocycles. The van der Waals surface area contributed by atoms with Crippen molar-refractivity contribution in [2.24, 2.45) is 0 Å². The van der Waals surface area contributed by atoms with E-state index in [4.69, 9.17) is 0 Å². The number of thioether (sulfide) groups is 1. The quantitative estimate of drug-likeness (QED) is 0.633. The fourth-order valence-corrected chi connectivity index (χ4v) is 6.46. The minimum Gasteiger partial charge on any atom is -0.353 e. The summed E-state index contributed by atoms with van der Waals surface area (Å²) in [4.78, 5) is 16.5. The zero-order chi connectivity index (χ0) is 20.7. The first-order valence-electron chi connectivity index (χ1n) is 10.1. The topological polar surface area (TPSA) is 76.1 Å². The molecule has 0 saturated heterocycles. The maximum absolute atomic E-state index is 12.5. The summed E-state index contributed by atoms with van der Waals surface area (Å²) in [6.07, 6.45) is 6.25. The summed E-state index contributed by atoms with van der Waals surface area (Å²) in [5, 5.41) is 4.02. The average molecular weight is 433 g/mol. The molecule has 1 fully saturated rings. The van der Waals surface area contributed by atoms with Crippen LogP contribution in [0.3, 0.4) is 0 Å². The van der Waals surface area contributed by atoms with E-state index < -0.39 is 9.84 Å². The van der Waals surface area contributed by atoms with E-state index >= 15 is 0 Å². The monoisotopic (exact) mass is 432 g/mol. The first-order chi connectivity index (χ1) is 14.0. The lowest BCUT2D eigenvalue weighted by atomic mass is 9.82. The highest BCUT2D eigenvalue weighted by atomic mass is 32.2. The standard InChI is InChI=1S/C22H28N2O3S2/c1-2-21(25)24-18-12-10-17(11-13-18)20-9-6-14-23-22(20)28-15-16-29(26,27)19-7-4-3-5-8-19/h3-9,14,17-18H,2,10-13,15-16H2,1H3,(H,24,25). The van der Waals surface area contributed by atoms with Crippen LogP contribution >= 0.6 is 11.8 Å². The van der Waals surface area contributed by atoms with E-state index in [0.717, 1.165) is 30.7 Å². The molecule has 5 nitrogen and oxygen atoms in total. The van der Waals surface area contributed by atoms with Crippen LogP contribution in [0.1, 0.15) is 50.5 Å². The second-order valence-electron chi connectivity index (χ2n) is 7.35. The lowest BCUT2D eigenvalue weighted by Gasteiger charge is -2.30. The van der Waals surface area contributed by atoms with Crippen LogP contribution < -0.4 is 5.32 Å². The smallest absolute Gasteiger partial charge is 0.219 e. The van der Waals surface area contributed by atoms with Gasteiger partial charge in [-0.2, -0.15) is 0 Å². The Morgan fingerprint density at radius 3 is 2.52 bits per heavy atom. The van der Waals surface area contributed by atoms with E-state index in [-0.39, 0.29) is 17.7 Å². The van der Waals surface area contributed by atoms with Gasteiger partial charge in [-0.05, 0) is 55.4 Å². The first-order valence-corrected chi connectivity index (χ1v) is 12.8. The summed E-state index contributed by atoms with van der Waals surface area (Å²) in [6, 6.07) is 12.9. The highest BCUT2D eigenvalue weighted by Gasteiger charge is 2.25. The Hall–Kier alpha value is -1.86. The van der Waals surface area contributed by atoms with Crippen molar-refractivity contribution in [1.82, 2.24) is 10.3 Å². The van der Waals surface area contributed by atoms with Crippen molar-refractivity contribution < 1.29 is 13.2 Å². The molecule has 0 atom stereocenters. The molecule has 29 heavy (non-hydrogen) atoms. The van der Waals surface area contributed by atoms with Crippen LogP contribution in [0, 0.1) is 0 Å². The van der Waals surface area contributed by atoms with Crippen molar-refractivity contribution in [1.29, 1.82) is 0 Å². The van der Waals surface area contributed by atoms with Gasteiger partial charge < -0.3 is 5.32 Å². The number of hydrogen-bond acceptors (Lipinski definition) is 5. The third-order valence-electron chi connectivity index (χ3n) is 5.35. The molecule has 3 rings (SSSR count). The number of benzene rings is 1. The molecule has 1 heterocycles. The number of carbonyl (C=O) groups is 1. The Balaban J connectivity index is 1.58. The van der Waals surface area contributed by atoms with E-state index in [1.165, 1.54) is 17.3 Å². The molecule has 1 aliphatic rings. The number of rotatable bonds is 8. The molecule has 1 aliphatic carbocycles. The third kappa shape index (κ3) is 6.06. The Morgan fingerprint density at radius 1 is 1.10 bits per heavy atom. The molecule has 0 radical (unpaired) electrons. The number of nitrogens with one attached hydrogen (secondary N) is 1. The van der Waals surface area contributed by atoms with Gasteiger partial charge in [-0.3, -0.25) is 4.79 Å². The zero-order valence-electron chi connectivity index (χ0n) is 16.7. The summed E-state index contributed by atoms with van der Waals surface area (Å²) in [7, 11) is -3.28. The number of hydrogen-bond donors (Lipinski definition) is 1. The van der Waals surface area contributed by atoms with Crippen LogP contribution in [0.25, 0.3) is 0 Å². The fraction of sp³-hybridized carbons (Fsp3) is 0.455. The van der Waals surface area contributed by atoms with Crippen molar-refractivity contribution in [2.75, 3.05) is 11.5 Å². The Labute approximate surface area is 177 Å². The van der Waals surface area contributed by atoms with Gasteiger partial charge >= 0.3 is 0 Å². The fourth-order valence-electron chi connectivity index (χ4n) is 3.71. The molecule has 0 spiro atoms. The average Bonchev–Trinajstić information content (AvgIpc) is 2.75. The van der Waals surface area contributed by atoms with Crippen molar-refractivity contribution >= 4 is 27.5 Å². The van der Waals surface area contributed by atoms with Crippen LogP contribution in [-0.2, 0) is 14.6 Å². The SMILES string of the molecule is CCC(=O)NC1CCC(c2cccnc2SCCS(=O)(=O)c2ccccc2)CC1. The number of carbonyl (C=O) groups excluding carboxylic acids is 1. The largest absolute Gasteiger partial charge is 0.353 e. The Kier molecular flexibility index (Phi) is 7.72. The third-order valence-corrected chi connectivity index (χ3v) is 8.36. The normalized spacial score (nSPS) is 19.6. The van der Waals surface area contributed by atoms with Gasteiger partial charge in [0.1, 0.15) is 0 Å². The van der Waals surface area contributed by atoms with Gasteiger partial charge in [0.2, 0.25) is 5.91 Å². The van der Waals surface area contributed by atoms with Crippen LogP contribution in [0.2, 0.25) is 0 Å². The highest BCUT2D eigenvalue weighted by Crippen LogP contribution is 2.37. The Bertz CT molecular complexity index is 909. The zero-order valence-corrected chi connectivity index (χ0v) is 18.3. The molecule has 2 aromatic rings. The maximum Gasteiger partial charge on any atom is 0.219 e. The molecule has 1 amide bonds. The number of aromatic nitrogens is 1. The van der Waals surface area contributed by atoms with Crippen LogP contribution in [0.5, 0.6) is 0 Å². The molecule has 0 aliphatic heterocycles. The minimum atomic E-state index is -3.28. The summed E-state index contributed by atoms with van der Waals surface area (Å²) in [6.45, 7) is 1.87. The number of amides is 1. The van der Waals surface area contributed by atoms with E-state index in [2.05, 4.69) is 16.4 Å². The second kappa shape index (κ2) is 10.3. The molecule has 7 heteroatoms. The van der Waals surface area contributed by atoms with Crippen molar-refractivity contribution in [3.8, 4) is 0 Å². The summed E-state index contributed by atoms with van der Waals surface area (Å²) < 4.78 is 25.0. The number of nitrogens with zero attached hydrogens (tertiary/aromatic N) is 1. The van der Waals surface area contributed by atoms with Crippen molar-refractivity contribution in [3.05, 3.63) is 54.2 Å². The molecule has 0 unspecified atom stereocenters. The van der Waals surface area contributed by atoms with E-state index in [1.807, 2.05) is 19.1 Å². The predicted molar refractivity (Wildman–Crippen MR) is 117 cm³/mol. The molecular weight excluding hydrogens is 404 g/mol. The van der Waals surface area contributed by atoms with Gasteiger partial charge in [0.25, 0.3) is 0 Å². The summed E-state index contributed by atoms with van der Waals surface area (Å²) in [5.41, 5.74) is 1.20. The summed E-state index contributed by atoms with van der Waals surface area (Å²) in [5.74, 6) is 1.09. The van der Waals surface area contributed by atoms with Gasteiger partial charge in [-0.1, -0.05) is 31.2 Å². The molecule has 1 aromatic heterocycles. The Morgan fingerprint density at radius 2 is 1.83 bits per heavy atom. The van der Waals surface area contributed by atoms with Crippen molar-refractivity contribution in [3.63, 3.8) is 0 Å². The van der Waals surface area contributed by atoms with Crippen LogP contribution in [0.15, 0.2) is 58.6 Å². The number of pyridine rings is 1. The van der Waals surface area contributed by atoms with Gasteiger partial charge in [0, 0.05) is 24.4 Å². The lowest BCUT2D eigenvalue weighted by molar-refractivity contribution is -0.121. The molecule has 0 bridgehead atoms. The molecular formula is C22H28N2O3S2. The van der Waals surface area contributed by atoms with E-state index in [9.17, 15) is 13.2 Å².